The van der Waals surface area contributed by atoms with Crippen LogP contribution < -0.4 is 19.9 Å². The monoisotopic (exact) mass is 597 g/mol. The van der Waals surface area contributed by atoms with E-state index in [1.807, 2.05) is 6.20 Å². The molecule has 12 heteroatoms. The molecule has 0 aliphatic carbocycles. The van der Waals surface area contributed by atoms with Crippen LogP contribution in [-0.4, -0.2) is 95.8 Å². The number of benzene rings is 1. The lowest BCUT2D eigenvalue weighted by Gasteiger charge is -2.39. The molecule has 44 heavy (non-hydrogen) atoms. The number of nitrogens with one attached hydrogen (secondary N) is 2. The Morgan fingerprint density at radius 3 is 2.70 bits per heavy atom. The van der Waals surface area contributed by atoms with Gasteiger partial charge in [0.1, 0.15) is 18.2 Å². The molecule has 5 heterocycles. The van der Waals surface area contributed by atoms with Gasteiger partial charge >= 0.3 is 0 Å². The van der Waals surface area contributed by atoms with Gasteiger partial charge < -0.3 is 29.7 Å². The lowest BCUT2D eigenvalue weighted by Crippen LogP contribution is -2.49. The molecule has 1 aromatic carbocycles. The van der Waals surface area contributed by atoms with E-state index < -0.39 is 0 Å². The number of hydrogen-bond acceptors (Lipinski definition) is 9. The van der Waals surface area contributed by atoms with Crippen LogP contribution in [0.3, 0.4) is 0 Å². The van der Waals surface area contributed by atoms with Gasteiger partial charge in [0.2, 0.25) is 17.7 Å². The number of aromatic nitrogens is 3. The zero-order valence-corrected chi connectivity index (χ0v) is 25.6. The number of nitriles is 1. The number of pyridine rings is 1. The summed E-state index contributed by atoms with van der Waals surface area (Å²) in [4.78, 5) is 37.5. The van der Waals surface area contributed by atoms with E-state index in [-0.39, 0.29) is 11.8 Å². The minimum absolute atomic E-state index is 0.153. The van der Waals surface area contributed by atoms with Crippen LogP contribution in [0.25, 0.3) is 10.9 Å². The molecule has 3 aliphatic rings. The minimum atomic E-state index is -0.224. The second-order valence-electron chi connectivity index (χ2n) is 11.8. The van der Waals surface area contributed by atoms with Crippen LogP contribution in [0.1, 0.15) is 42.1 Å². The Morgan fingerprint density at radius 1 is 1.16 bits per heavy atom. The molecular weight excluding hydrogens is 558 g/mol. The van der Waals surface area contributed by atoms with Gasteiger partial charge in [-0.1, -0.05) is 6.07 Å². The Labute approximate surface area is 257 Å². The van der Waals surface area contributed by atoms with Gasteiger partial charge in [-0.15, -0.1) is 0 Å². The molecule has 2 fully saturated rings. The standard InChI is InChI=1S/C32H39N9O3/c1-21-6-7-27-26(18-35-37-27)30(21)41-12-9-24-28(19-41)36-32(44-20-23-5-4-11-38(23)3)25(17-33)31(24)40-15-13-39(14-16-40)29(43)8-10-34-22(2)42/h6-8,10,18,23H,4-5,9,11-16,19-20H2,1-3H3,(H,34,42)(H,35,37). The Morgan fingerprint density at radius 2 is 1.98 bits per heavy atom. The number of aromatic amines is 1. The van der Waals surface area contributed by atoms with Crippen LogP contribution in [0.15, 0.2) is 30.6 Å². The molecule has 3 aromatic rings. The number of piperazine rings is 1. The SMILES string of the molecule is CC(=O)NC=CC(=O)N1CCN(c2c(C#N)c(OCC3CCCN3C)nc3c2CCN(c2c(C)ccc4[nH]ncc24)C3)CC1. The van der Waals surface area contributed by atoms with Crippen LogP contribution in [0, 0.1) is 18.3 Å². The van der Waals surface area contributed by atoms with Crippen molar-refractivity contribution < 1.29 is 14.3 Å². The summed E-state index contributed by atoms with van der Waals surface area (Å²) in [5.74, 6) is 0.0105. The average Bonchev–Trinajstić information content (AvgIpc) is 3.67. The van der Waals surface area contributed by atoms with E-state index in [4.69, 9.17) is 9.72 Å². The summed E-state index contributed by atoms with van der Waals surface area (Å²) < 4.78 is 6.38. The van der Waals surface area contributed by atoms with E-state index in [1.165, 1.54) is 24.8 Å². The third-order valence-corrected chi connectivity index (χ3v) is 9.02. The number of likely N-dealkylation sites (N-methyl/N-ethyl adjacent to an activating group) is 1. The molecule has 230 valence electrons. The Hall–Kier alpha value is -4.63. The van der Waals surface area contributed by atoms with Crippen LogP contribution in [0.2, 0.25) is 0 Å². The average molecular weight is 598 g/mol. The summed E-state index contributed by atoms with van der Waals surface area (Å²) in [5.41, 5.74) is 6.65. The lowest BCUT2D eigenvalue weighted by atomic mass is 9.97. The maximum absolute atomic E-state index is 12.7. The minimum Gasteiger partial charge on any atom is -0.475 e. The Kier molecular flexibility index (Phi) is 8.39. The fourth-order valence-electron chi connectivity index (χ4n) is 6.66. The maximum atomic E-state index is 12.7. The number of H-pyrrole nitrogens is 1. The van der Waals surface area contributed by atoms with Crippen molar-refractivity contribution in [2.24, 2.45) is 0 Å². The third kappa shape index (κ3) is 5.79. The highest BCUT2D eigenvalue weighted by Crippen LogP contribution is 2.39. The summed E-state index contributed by atoms with van der Waals surface area (Å²) in [6.45, 7) is 8.56. The Balaban J connectivity index is 1.31. The summed E-state index contributed by atoms with van der Waals surface area (Å²) in [6.07, 6.45) is 7.57. The number of anilines is 2. The van der Waals surface area contributed by atoms with Gasteiger partial charge in [-0.2, -0.15) is 10.4 Å². The van der Waals surface area contributed by atoms with Crippen molar-refractivity contribution >= 4 is 34.1 Å². The van der Waals surface area contributed by atoms with Gasteiger partial charge in [0, 0.05) is 68.9 Å². The number of rotatable bonds is 7. The van der Waals surface area contributed by atoms with E-state index in [1.54, 1.807) is 4.90 Å². The second-order valence-corrected chi connectivity index (χ2v) is 11.8. The third-order valence-electron chi connectivity index (χ3n) is 9.02. The number of carbonyl (C=O) groups is 2. The number of ether oxygens (including phenoxy) is 1. The van der Waals surface area contributed by atoms with Crippen molar-refractivity contribution in [3.63, 3.8) is 0 Å². The largest absolute Gasteiger partial charge is 0.475 e. The van der Waals surface area contributed by atoms with Crippen molar-refractivity contribution in [1.82, 2.24) is 30.3 Å². The van der Waals surface area contributed by atoms with Crippen molar-refractivity contribution in [2.75, 3.05) is 62.7 Å². The number of carbonyl (C=O) groups excluding carboxylic acids is 2. The topological polar surface area (TPSA) is 134 Å². The van der Waals surface area contributed by atoms with E-state index in [0.29, 0.717) is 56.8 Å². The second kappa shape index (κ2) is 12.5. The van der Waals surface area contributed by atoms with Crippen LogP contribution >= 0.6 is 0 Å². The van der Waals surface area contributed by atoms with E-state index in [9.17, 15) is 14.9 Å². The number of nitrogens with zero attached hydrogens (tertiary/aromatic N) is 7. The molecule has 2 amide bonds. The first-order valence-electron chi connectivity index (χ1n) is 15.3. The number of aryl methyl sites for hydroxylation is 1. The quantitative estimate of drug-likeness (QED) is 0.394. The molecule has 2 saturated heterocycles. The van der Waals surface area contributed by atoms with Gasteiger partial charge in [-0.25, -0.2) is 4.98 Å². The van der Waals surface area contributed by atoms with Crippen molar-refractivity contribution in [1.29, 1.82) is 5.26 Å². The molecule has 1 unspecified atom stereocenters. The van der Waals surface area contributed by atoms with Crippen molar-refractivity contribution in [3.05, 3.63) is 53.0 Å². The predicted molar refractivity (Wildman–Crippen MR) is 167 cm³/mol. The summed E-state index contributed by atoms with van der Waals surface area (Å²) in [5, 5.41) is 21.5. The molecule has 3 aliphatic heterocycles. The first-order valence-corrected chi connectivity index (χ1v) is 15.3. The van der Waals surface area contributed by atoms with Gasteiger partial charge in [0.05, 0.1) is 35.3 Å². The molecule has 12 nitrogen and oxygen atoms in total. The molecule has 0 saturated carbocycles. The van der Waals surface area contributed by atoms with E-state index >= 15 is 0 Å². The highest BCUT2D eigenvalue weighted by molar-refractivity contribution is 5.93. The zero-order valence-electron chi connectivity index (χ0n) is 25.6. The summed E-state index contributed by atoms with van der Waals surface area (Å²) in [7, 11) is 2.11. The number of likely N-dealkylation sites (tertiary alicyclic amines) is 1. The number of fused-ring (bicyclic) bond motifs is 2. The van der Waals surface area contributed by atoms with Gasteiger partial charge in [0.25, 0.3) is 0 Å². The Bertz CT molecular complexity index is 1630. The predicted octanol–water partition coefficient (Wildman–Crippen LogP) is 2.47. The molecule has 0 radical (unpaired) electrons. The molecule has 0 bridgehead atoms. The molecule has 2 aromatic heterocycles. The summed E-state index contributed by atoms with van der Waals surface area (Å²) >= 11 is 0. The first-order chi connectivity index (χ1) is 21.3. The van der Waals surface area contributed by atoms with Gasteiger partial charge in [-0.05, 0) is 51.4 Å². The van der Waals surface area contributed by atoms with E-state index in [2.05, 4.69) is 62.4 Å². The van der Waals surface area contributed by atoms with Gasteiger partial charge in [-0.3, -0.25) is 14.7 Å². The smallest absolute Gasteiger partial charge is 0.248 e. The highest BCUT2D eigenvalue weighted by atomic mass is 16.5. The molecule has 6 rings (SSSR count). The zero-order chi connectivity index (χ0) is 30.8. The molecule has 1 atom stereocenters. The fraction of sp³-hybridized carbons (Fsp3) is 0.469. The number of hydrogen-bond donors (Lipinski definition) is 2. The normalized spacial score (nSPS) is 19.0. The summed E-state index contributed by atoms with van der Waals surface area (Å²) in [6, 6.07) is 6.90. The highest BCUT2D eigenvalue weighted by Gasteiger charge is 2.32. The molecule has 2 N–H and O–H groups in total. The van der Waals surface area contributed by atoms with Crippen LogP contribution in [-0.2, 0) is 22.6 Å². The lowest BCUT2D eigenvalue weighted by molar-refractivity contribution is -0.126. The fourth-order valence-corrected chi connectivity index (χ4v) is 6.66. The molecule has 0 spiro atoms. The van der Waals surface area contributed by atoms with Crippen LogP contribution in [0.5, 0.6) is 5.88 Å². The van der Waals surface area contributed by atoms with E-state index in [0.717, 1.165) is 65.9 Å². The first kappa shape index (κ1) is 29.4. The molecular formula is C32H39N9O3. The van der Waals surface area contributed by atoms with Crippen molar-refractivity contribution in [2.45, 2.75) is 45.7 Å². The number of amides is 2. The van der Waals surface area contributed by atoms with Gasteiger partial charge in [0.15, 0.2) is 0 Å². The maximum Gasteiger partial charge on any atom is 0.248 e. The van der Waals surface area contributed by atoms with Crippen molar-refractivity contribution in [3.8, 4) is 11.9 Å². The van der Waals surface area contributed by atoms with Crippen LogP contribution in [0.4, 0.5) is 11.4 Å².